The van der Waals surface area contributed by atoms with Crippen LogP contribution in [0.2, 0.25) is 0 Å². The highest BCUT2D eigenvalue weighted by Gasteiger charge is 2.53. The van der Waals surface area contributed by atoms with E-state index in [1.165, 1.54) is 51.5 Å². The lowest BCUT2D eigenvalue weighted by Gasteiger charge is -2.32. The molecule has 0 amide bonds. The Morgan fingerprint density at radius 2 is 1.70 bits per heavy atom. The topological polar surface area (TPSA) is 12.0 Å². The van der Waals surface area contributed by atoms with Gasteiger partial charge in [-0.25, -0.2) is 0 Å². The van der Waals surface area contributed by atoms with E-state index in [1.54, 1.807) is 19.3 Å². The molecule has 3 fully saturated rings. The molecule has 0 aromatic heterocycles. The smallest absolute Gasteiger partial charge is 0.0101 e. The van der Waals surface area contributed by atoms with Crippen molar-refractivity contribution >= 4 is 0 Å². The molecule has 1 heteroatoms. The standard InChI is InChI=1S/C19H35N/c1-14(2)8-5-3-4-6-11-20-19-13-15-12-18(19)17-10-7-9-16(15)17/h14-20H,3-13H2,1-2H3. The lowest BCUT2D eigenvalue weighted by atomic mass is 9.79. The summed E-state index contributed by atoms with van der Waals surface area (Å²) in [5.74, 6) is 5.33. The monoisotopic (exact) mass is 277 g/mol. The van der Waals surface area contributed by atoms with Gasteiger partial charge in [-0.05, 0) is 68.2 Å². The molecule has 3 aliphatic carbocycles. The molecule has 0 saturated heterocycles. The third kappa shape index (κ3) is 3.24. The van der Waals surface area contributed by atoms with Crippen molar-refractivity contribution in [2.24, 2.45) is 29.6 Å². The largest absolute Gasteiger partial charge is 0.314 e. The molecule has 0 radical (unpaired) electrons. The third-order valence-corrected chi connectivity index (χ3v) is 6.54. The molecule has 1 N–H and O–H groups in total. The van der Waals surface area contributed by atoms with Crippen LogP contribution in [-0.2, 0) is 0 Å². The van der Waals surface area contributed by atoms with Crippen molar-refractivity contribution in [1.82, 2.24) is 5.32 Å². The summed E-state index contributed by atoms with van der Waals surface area (Å²) in [6, 6.07) is 0.898. The van der Waals surface area contributed by atoms with Gasteiger partial charge in [-0.1, -0.05) is 46.0 Å². The number of nitrogens with one attached hydrogen (secondary N) is 1. The van der Waals surface area contributed by atoms with Gasteiger partial charge in [0.15, 0.2) is 0 Å². The zero-order valence-corrected chi connectivity index (χ0v) is 13.7. The van der Waals surface area contributed by atoms with Gasteiger partial charge in [-0.3, -0.25) is 0 Å². The Bertz CT molecular complexity index is 298. The van der Waals surface area contributed by atoms with Crippen LogP contribution >= 0.6 is 0 Å². The van der Waals surface area contributed by atoms with E-state index >= 15 is 0 Å². The number of fused-ring (bicyclic) bond motifs is 5. The molecule has 0 heterocycles. The molecule has 3 saturated carbocycles. The molecule has 0 aromatic carbocycles. The van der Waals surface area contributed by atoms with Gasteiger partial charge in [0.05, 0.1) is 0 Å². The van der Waals surface area contributed by atoms with Crippen molar-refractivity contribution in [2.75, 3.05) is 6.54 Å². The second kappa shape index (κ2) is 6.81. The highest BCUT2D eigenvalue weighted by molar-refractivity contribution is 5.05. The van der Waals surface area contributed by atoms with E-state index in [0.717, 1.165) is 35.6 Å². The number of rotatable bonds is 8. The molecule has 1 nitrogen and oxygen atoms in total. The molecule has 0 aliphatic heterocycles. The van der Waals surface area contributed by atoms with Crippen molar-refractivity contribution in [3.63, 3.8) is 0 Å². The maximum Gasteiger partial charge on any atom is 0.0101 e. The predicted molar refractivity (Wildman–Crippen MR) is 86.8 cm³/mol. The Morgan fingerprint density at radius 3 is 2.55 bits per heavy atom. The Balaban J connectivity index is 1.27. The second-order valence-corrected chi connectivity index (χ2v) is 8.31. The van der Waals surface area contributed by atoms with Crippen molar-refractivity contribution in [2.45, 2.75) is 84.1 Å². The quantitative estimate of drug-likeness (QED) is 0.615. The summed E-state index contributed by atoms with van der Waals surface area (Å²) in [5.41, 5.74) is 0. The van der Waals surface area contributed by atoms with E-state index in [4.69, 9.17) is 0 Å². The molecular weight excluding hydrogens is 242 g/mol. The van der Waals surface area contributed by atoms with Crippen molar-refractivity contribution in [3.8, 4) is 0 Å². The number of unbranched alkanes of at least 4 members (excludes halogenated alkanes) is 3. The summed E-state index contributed by atoms with van der Waals surface area (Å²) in [7, 11) is 0. The van der Waals surface area contributed by atoms with Crippen LogP contribution in [0, 0.1) is 29.6 Å². The fourth-order valence-corrected chi connectivity index (χ4v) is 5.62. The van der Waals surface area contributed by atoms with Crippen LogP contribution < -0.4 is 5.32 Å². The summed E-state index contributed by atoms with van der Waals surface area (Å²) in [6.07, 6.45) is 14.9. The van der Waals surface area contributed by atoms with E-state index in [0.29, 0.717) is 0 Å². The van der Waals surface area contributed by atoms with Crippen LogP contribution in [-0.4, -0.2) is 12.6 Å². The highest BCUT2D eigenvalue weighted by Crippen LogP contribution is 2.58. The summed E-state index contributed by atoms with van der Waals surface area (Å²) in [4.78, 5) is 0. The molecule has 0 spiro atoms. The van der Waals surface area contributed by atoms with Crippen molar-refractivity contribution < 1.29 is 0 Å². The lowest BCUT2D eigenvalue weighted by molar-refractivity contribution is 0.208. The molecule has 5 atom stereocenters. The predicted octanol–water partition coefficient (Wildman–Crippen LogP) is 5.01. The molecular formula is C19H35N. The highest BCUT2D eigenvalue weighted by atomic mass is 14.9. The van der Waals surface area contributed by atoms with Crippen LogP contribution in [0.3, 0.4) is 0 Å². The van der Waals surface area contributed by atoms with Gasteiger partial charge in [0.1, 0.15) is 0 Å². The van der Waals surface area contributed by atoms with E-state index in [1.807, 2.05) is 0 Å². The summed E-state index contributed by atoms with van der Waals surface area (Å²) in [6.45, 7) is 5.97. The minimum atomic E-state index is 0.890. The first-order chi connectivity index (χ1) is 9.75. The number of hydrogen-bond acceptors (Lipinski definition) is 1. The van der Waals surface area contributed by atoms with Gasteiger partial charge in [0.25, 0.3) is 0 Å². The SMILES string of the molecule is CC(C)CCCCCCNC1CC2CC1C1CCCC21. The van der Waals surface area contributed by atoms with Crippen LogP contribution in [0.5, 0.6) is 0 Å². The number of hydrogen-bond donors (Lipinski definition) is 1. The van der Waals surface area contributed by atoms with Crippen LogP contribution in [0.1, 0.15) is 78.1 Å². The first-order valence-corrected chi connectivity index (χ1v) is 9.49. The average Bonchev–Trinajstić information content (AvgIpc) is 3.09. The van der Waals surface area contributed by atoms with Gasteiger partial charge in [-0.2, -0.15) is 0 Å². The lowest BCUT2D eigenvalue weighted by Crippen LogP contribution is -2.39. The minimum Gasteiger partial charge on any atom is -0.314 e. The summed E-state index contributed by atoms with van der Waals surface area (Å²) >= 11 is 0. The van der Waals surface area contributed by atoms with E-state index in [9.17, 15) is 0 Å². The average molecular weight is 277 g/mol. The Morgan fingerprint density at radius 1 is 0.900 bits per heavy atom. The van der Waals surface area contributed by atoms with Gasteiger partial charge in [-0.15, -0.1) is 0 Å². The van der Waals surface area contributed by atoms with Crippen molar-refractivity contribution in [3.05, 3.63) is 0 Å². The first kappa shape index (κ1) is 14.9. The Hall–Kier alpha value is -0.0400. The molecule has 3 aliphatic rings. The van der Waals surface area contributed by atoms with E-state index < -0.39 is 0 Å². The normalized spacial score (nSPS) is 38.9. The molecule has 0 aromatic rings. The van der Waals surface area contributed by atoms with Crippen molar-refractivity contribution in [1.29, 1.82) is 0 Å². The molecule has 116 valence electrons. The van der Waals surface area contributed by atoms with Gasteiger partial charge < -0.3 is 5.32 Å². The van der Waals surface area contributed by atoms with Crippen LogP contribution in [0.25, 0.3) is 0 Å². The van der Waals surface area contributed by atoms with Gasteiger partial charge >= 0.3 is 0 Å². The van der Waals surface area contributed by atoms with E-state index in [2.05, 4.69) is 19.2 Å². The van der Waals surface area contributed by atoms with E-state index in [-0.39, 0.29) is 0 Å². The van der Waals surface area contributed by atoms with Crippen LogP contribution in [0.15, 0.2) is 0 Å². The first-order valence-electron chi connectivity index (χ1n) is 9.49. The fourth-order valence-electron chi connectivity index (χ4n) is 5.62. The minimum absolute atomic E-state index is 0.890. The molecule has 2 bridgehead atoms. The summed E-state index contributed by atoms with van der Waals surface area (Å²) < 4.78 is 0. The fraction of sp³-hybridized carbons (Fsp3) is 1.00. The third-order valence-electron chi connectivity index (χ3n) is 6.54. The Labute approximate surface area is 126 Å². The van der Waals surface area contributed by atoms with Gasteiger partial charge in [0.2, 0.25) is 0 Å². The second-order valence-electron chi connectivity index (χ2n) is 8.31. The maximum atomic E-state index is 3.93. The Kier molecular flexibility index (Phi) is 5.07. The molecule has 20 heavy (non-hydrogen) atoms. The zero-order valence-electron chi connectivity index (χ0n) is 13.7. The molecule has 3 rings (SSSR count). The van der Waals surface area contributed by atoms with Gasteiger partial charge in [0, 0.05) is 6.04 Å². The zero-order chi connectivity index (χ0) is 13.9. The molecule has 5 unspecified atom stereocenters. The van der Waals surface area contributed by atoms with Crippen LogP contribution in [0.4, 0.5) is 0 Å². The maximum absolute atomic E-state index is 3.93. The summed E-state index contributed by atoms with van der Waals surface area (Å²) in [5, 5.41) is 3.93.